The quantitative estimate of drug-likeness (QED) is 0.177. The summed E-state index contributed by atoms with van der Waals surface area (Å²) in [7, 11) is 0. The molecule has 10 rings (SSSR count). The summed E-state index contributed by atoms with van der Waals surface area (Å²) in [6, 6.07) is 46.5. The van der Waals surface area contributed by atoms with Gasteiger partial charge in [-0.15, -0.1) is 0 Å². The molecule has 5 aromatic heterocycles. The van der Waals surface area contributed by atoms with Gasteiger partial charge in [0.1, 0.15) is 18.3 Å². The van der Waals surface area contributed by atoms with E-state index in [4.69, 9.17) is 15.0 Å². The highest BCUT2D eigenvalue weighted by atomic mass is 15.0. The van der Waals surface area contributed by atoms with Crippen molar-refractivity contribution in [2.75, 3.05) is 0 Å². The molecule has 0 saturated heterocycles. The Labute approximate surface area is 286 Å². The first kappa shape index (κ1) is 28.1. The van der Waals surface area contributed by atoms with Crippen molar-refractivity contribution in [2.24, 2.45) is 0 Å². The van der Waals surface area contributed by atoms with E-state index in [0.29, 0.717) is 11.5 Å². The second-order valence-electron chi connectivity index (χ2n) is 12.4. The highest BCUT2D eigenvalue weighted by Gasteiger charge is 2.10. The molecule has 0 spiro atoms. The molecule has 0 saturated carbocycles. The molecular weight excluding hydrogens is 615 g/mol. The maximum Gasteiger partial charge on any atom is 0.181 e. The molecule has 50 heavy (non-hydrogen) atoms. The van der Waals surface area contributed by atoms with Crippen LogP contribution in [-0.4, -0.2) is 34.9 Å². The van der Waals surface area contributed by atoms with Crippen LogP contribution < -0.4 is 0 Å². The van der Waals surface area contributed by atoms with Crippen molar-refractivity contribution >= 4 is 54.4 Å². The van der Waals surface area contributed by atoms with Gasteiger partial charge in [-0.2, -0.15) is 0 Å². The van der Waals surface area contributed by atoms with Crippen LogP contribution in [0.2, 0.25) is 0 Å². The Morgan fingerprint density at radius 1 is 0.340 bits per heavy atom. The molecule has 0 N–H and O–H groups in total. The predicted molar refractivity (Wildman–Crippen MR) is 200 cm³/mol. The second-order valence-corrected chi connectivity index (χ2v) is 12.4. The Kier molecular flexibility index (Phi) is 6.35. The van der Waals surface area contributed by atoms with Crippen molar-refractivity contribution in [2.45, 2.75) is 0 Å². The van der Waals surface area contributed by atoms with Crippen LogP contribution in [-0.2, 0) is 0 Å². The Hall–Kier alpha value is -6.99. The Morgan fingerprint density at radius 3 is 1.52 bits per heavy atom. The molecule has 0 atom stereocenters. The van der Waals surface area contributed by atoms with E-state index in [0.717, 1.165) is 88.0 Å². The lowest BCUT2D eigenvalue weighted by molar-refractivity contribution is 1.05. The number of hydrogen-bond donors (Lipinski definition) is 0. The molecule has 0 aliphatic rings. The average molecular weight is 640 g/mol. The molecule has 0 bridgehead atoms. The maximum absolute atomic E-state index is 5.12. The highest BCUT2D eigenvalue weighted by molar-refractivity contribution is 6.03. The summed E-state index contributed by atoms with van der Waals surface area (Å²) in [5.74, 6) is 0.553. The SMILES string of the molecule is c1cnc2c(c1)ccc1ccc(-c3ccc4cc(-c5ccc6ccc(-c7ccc8ccc(-c9ncncn9)nc8c7)cc6n5)ccc4c3)nc12. The van der Waals surface area contributed by atoms with Gasteiger partial charge < -0.3 is 0 Å². The average Bonchev–Trinajstić information content (AvgIpc) is 3.19. The third-order valence-corrected chi connectivity index (χ3v) is 9.30. The van der Waals surface area contributed by atoms with Crippen LogP contribution in [0, 0.1) is 0 Å². The minimum atomic E-state index is 0.553. The zero-order chi connectivity index (χ0) is 33.0. The van der Waals surface area contributed by atoms with Crippen molar-refractivity contribution in [3.05, 3.63) is 152 Å². The summed E-state index contributed by atoms with van der Waals surface area (Å²) in [5, 5.41) is 6.61. The fraction of sp³-hybridized carbons (Fsp3) is 0. The summed E-state index contributed by atoms with van der Waals surface area (Å²) in [4.78, 5) is 32.1. The van der Waals surface area contributed by atoms with Gasteiger partial charge in [0, 0.05) is 38.9 Å². The van der Waals surface area contributed by atoms with Gasteiger partial charge in [0.25, 0.3) is 0 Å². The minimum absolute atomic E-state index is 0.553. The molecule has 7 heteroatoms. The number of rotatable bonds is 4. The van der Waals surface area contributed by atoms with E-state index in [2.05, 4.69) is 135 Å². The topological polar surface area (TPSA) is 90.2 Å². The van der Waals surface area contributed by atoms with Crippen LogP contribution in [0.1, 0.15) is 0 Å². The number of nitrogens with zero attached hydrogens (tertiary/aromatic N) is 7. The van der Waals surface area contributed by atoms with Crippen molar-refractivity contribution < 1.29 is 0 Å². The maximum atomic E-state index is 5.12. The van der Waals surface area contributed by atoms with E-state index >= 15 is 0 Å². The van der Waals surface area contributed by atoms with Gasteiger partial charge in [0.15, 0.2) is 5.82 Å². The summed E-state index contributed by atoms with van der Waals surface area (Å²) in [6.07, 6.45) is 4.80. The highest BCUT2D eigenvalue weighted by Crippen LogP contribution is 2.32. The van der Waals surface area contributed by atoms with E-state index < -0.39 is 0 Å². The van der Waals surface area contributed by atoms with Gasteiger partial charge in [0.2, 0.25) is 0 Å². The molecule has 5 aromatic carbocycles. The zero-order valence-electron chi connectivity index (χ0n) is 26.6. The summed E-state index contributed by atoms with van der Waals surface area (Å²) < 4.78 is 0. The van der Waals surface area contributed by atoms with Gasteiger partial charge in [-0.1, -0.05) is 84.9 Å². The fourth-order valence-corrected chi connectivity index (χ4v) is 6.70. The smallest absolute Gasteiger partial charge is 0.181 e. The second kappa shape index (κ2) is 11.3. The molecule has 0 aliphatic heterocycles. The third kappa shape index (κ3) is 4.88. The van der Waals surface area contributed by atoms with E-state index in [1.54, 1.807) is 0 Å². The Balaban J connectivity index is 0.978. The minimum Gasteiger partial charge on any atom is -0.254 e. The molecule has 232 valence electrons. The lowest BCUT2D eigenvalue weighted by Crippen LogP contribution is -1.92. The summed E-state index contributed by atoms with van der Waals surface area (Å²) >= 11 is 0. The number of hydrogen-bond acceptors (Lipinski definition) is 7. The van der Waals surface area contributed by atoms with Crippen molar-refractivity contribution in [3.63, 3.8) is 0 Å². The number of benzene rings is 5. The van der Waals surface area contributed by atoms with Gasteiger partial charge in [0.05, 0.1) is 33.5 Å². The lowest BCUT2D eigenvalue weighted by Gasteiger charge is -2.09. The van der Waals surface area contributed by atoms with Crippen molar-refractivity contribution in [1.29, 1.82) is 0 Å². The van der Waals surface area contributed by atoms with Gasteiger partial charge in [-0.25, -0.2) is 29.9 Å². The first-order chi connectivity index (χ1) is 24.7. The van der Waals surface area contributed by atoms with Crippen LogP contribution in [0.4, 0.5) is 0 Å². The molecular formula is C43H25N7. The van der Waals surface area contributed by atoms with E-state index in [1.807, 2.05) is 24.4 Å². The molecule has 7 nitrogen and oxygen atoms in total. The molecule has 0 aliphatic carbocycles. The standard InChI is InChI=1S/C43H25N7/c1-2-28-5-6-29-15-17-37(50-42(29)41(28)45-19-1)35-12-10-30-20-34(11-9-31(30)21-35)36-16-13-26-3-7-32(22-39(26)48-36)33-8-4-27-14-18-38(49-40(27)23-33)43-46-24-44-25-47-43/h1-25H. The normalized spacial score (nSPS) is 11.6. The molecule has 0 amide bonds. The monoisotopic (exact) mass is 639 g/mol. The summed E-state index contributed by atoms with van der Waals surface area (Å²) in [6.45, 7) is 0. The molecule has 5 heterocycles. The van der Waals surface area contributed by atoms with Crippen LogP contribution in [0.25, 0.3) is 99.5 Å². The number of aromatic nitrogens is 7. The Bertz CT molecular complexity index is 2940. The lowest BCUT2D eigenvalue weighted by atomic mass is 9.99. The first-order valence-electron chi connectivity index (χ1n) is 16.4. The van der Waals surface area contributed by atoms with Gasteiger partial charge in [-0.05, 0) is 70.4 Å². The zero-order valence-corrected chi connectivity index (χ0v) is 26.6. The van der Waals surface area contributed by atoms with E-state index in [9.17, 15) is 0 Å². The fourth-order valence-electron chi connectivity index (χ4n) is 6.70. The van der Waals surface area contributed by atoms with Crippen LogP contribution in [0.3, 0.4) is 0 Å². The predicted octanol–water partition coefficient (Wildman–Crippen LogP) is 9.89. The van der Waals surface area contributed by atoms with E-state index in [1.165, 1.54) is 12.7 Å². The van der Waals surface area contributed by atoms with Crippen LogP contribution >= 0.6 is 0 Å². The largest absolute Gasteiger partial charge is 0.254 e. The molecule has 0 fully saturated rings. The third-order valence-electron chi connectivity index (χ3n) is 9.30. The summed E-state index contributed by atoms with van der Waals surface area (Å²) in [5.41, 5.74) is 10.5. The Morgan fingerprint density at radius 2 is 0.840 bits per heavy atom. The molecule has 10 aromatic rings. The van der Waals surface area contributed by atoms with Crippen molar-refractivity contribution in [3.8, 4) is 45.2 Å². The number of pyridine rings is 4. The molecule has 0 unspecified atom stereocenters. The van der Waals surface area contributed by atoms with Gasteiger partial charge in [-0.3, -0.25) is 4.98 Å². The van der Waals surface area contributed by atoms with Gasteiger partial charge >= 0.3 is 0 Å². The van der Waals surface area contributed by atoms with E-state index in [-0.39, 0.29) is 0 Å². The molecule has 0 radical (unpaired) electrons. The van der Waals surface area contributed by atoms with Crippen LogP contribution in [0.15, 0.2) is 152 Å². The van der Waals surface area contributed by atoms with Crippen molar-refractivity contribution in [1.82, 2.24) is 34.9 Å². The van der Waals surface area contributed by atoms with Crippen LogP contribution in [0.5, 0.6) is 0 Å². The number of fused-ring (bicyclic) bond motifs is 6. The first-order valence-corrected chi connectivity index (χ1v) is 16.4.